The Bertz CT molecular complexity index is 254. The van der Waals surface area contributed by atoms with Crippen molar-refractivity contribution in [3.8, 4) is 0 Å². The van der Waals surface area contributed by atoms with Gasteiger partial charge < -0.3 is 0 Å². The molecule has 0 N–H and O–H groups in total. The molecule has 1 atom stereocenters. The van der Waals surface area contributed by atoms with Crippen molar-refractivity contribution < 1.29 is 8.78 Å². The van der Waals surface area contributed by atoms with Gasteiger partial charge in [0.05, 0.1) is 0 Å². The average Bonchev–Trinajstić information content (AvgIpc) is 1.94. The Hall–Kier alpha value is -0.920. The van der Waals surface area contributed by atoms with Gasteiger partial charge in [-0.25, -0.2) is 8.78 Å². The van der Waals surface area contributed by atoms with Crippen molar-refractivity contribution in [3.63, 3.8) is 0 Å². The van der Waals surface area contributed by atoms with Gasteiger partial charge in [-0.15, -0.1) is 0 Å². The molecule has 0 nitrogen and oxygen atoms in total. The van der Waals surface area contributed by atoms with Crippen LogP contribution in [0.2, 0.25) is 0 Å². The van der Waals surface area contributed by atoms with Gasteiger partial charge >= 0.3 is 0 Å². The fourth-order valence-corrected chi connectivity index (χ4v) is 0.872. The van der Waals surface area contributed by atoms with Crippen LogP contribution in [0.4, 0.5) is 8.78 Å². The second kappa shape index (κ2) is 2.99. The second-order valence-corrected chi connectivity index (χ2v) is 2.43. The molecule has 0 aliphatic rings. The lowest BCUT2D eigenvalue weighted by atomic mass is 10.0. The number of benzene rings is 1. The molecule has 0 spiro atoms. The molecule has 1 aromatic carbocycles. The molecular formula is C9H8F2. The molecule has 0 aliphatic carbocycles. The second-order valence-electron chi connectivity index (χ2n) is 2.43. The molecule has 1 rings (SSSR count). The topological polar surface area (TPSA) is 0 Å². The summed E-state index contributed by atoms with van der Waals surface area (Å²) < 4.78 is 25.3. The predicted octanol–water partition coefficient (Wildman–Crippen LogP) is 2.78. The van der Waals surface area contributed by atoms with Crippen molar-refractivity contribution in [3.05, 3.63) is 42.3 Å². The van der Waals surface area contributed by atoms with E-state index in [2.05, 4.69) is 0 Å². The summed E-state index contributed by atoms with van der Waals surface area (Å²) in [7, 11) is 0. The smallest absolute Gasteiger partial charge is 0.162 e. The standard InChI is InChI=1S/C9H8F2/c1-6(2)7-4-3-5-8(10)9(7)11/h1,3-6H,2H3/t6-/m1/s1. The van der Waals surface area contributed by atoms with Crippen LogP contribution in [0.1, 0.15) is 18.4 Å². The minimum atomic E-state index is -0.847. The van der Waals surface area contributed by atoms with Crippen LogP contribution < -0.4 is 0 Å². The number of hydrogen-bond acceptors (Lipinski definition) is 0. The number of hydrogen-bond donors (Lipinski definition) is 0. The van der Waals surface area contributed by atoms with E-state index in [4.69, 9.17) is 6.92 Å². The first-order valence-electron chi connectivity index (χ1n) is 3.32. The van der Waals surface area contributed by atoms with Crippen molar-refractivity contribution >= 4 is 0 Å². The van der Waals surface area contributed by atoms with E-state index in [1.807, 2.05) is 0 Å². The zero-order chi connectivity index (χ0) is 8.43. The fraction of sp³-hybridized carbons (Fsp3) is 0.222. The molecule has 0 bridgehead atoms. The van der Waals surface area contributed by atoms with Gasteiger partial charge in [0.2, 0.25) is 0 Å². The molecule has 0 aromatic heterocycles. The van der Waals surface area contributed by atoms with Crippen molar-refractivity contribution in [2.75, 3.05) is 0 Å². The van der Waals surface area contributed by atoms with Gasteiger partial charge in [-0.2, -0.15) is 0 Å². The SMILES string of the molecule is [CH][C@H](C)c1cccc(F)c1F. The van der Waals surface area contributed by atoms with Gasteiger partial charge in [-0.05, 0) is 24.5 Å². The van der Waals surface area contributed by atoms with Gasteiger partial charge in [-0.3, -0.25) is 0 Å². The highest BCUT2D eigenvalue weighted by Gasteiger charge is 2.09. The Balaban J connectivity index is 3.17. The molecule has 0 unspecified atom stereocenters. The van der Waals surface area contributed by atoms with Crippen LogP contribution in [0, 0.1) is 18.6 Å². The molecule has 0 fully saturated rings. The highest BCUT2D eigenvalue weighted by atomic mass is 19.2. The summed E-state index contributed by atoms with van der Waals surface area (Å²) in [6, 6.07) is 3.99. The van der Waals surface area contributed by atoms with Gasteiger partial charge in [0.25, 0.3) is 0 Å². The van der Waals surface area contributed by atoms with Crippen LogP contribution in [0.5, 0.6) is 0 Å². The molecule has 11 heavy (non-hydrogen) atoms. The summed E-state index contributed by atoms with van der Waals surface area (Å²) >= 11 is 0. The van der Waals surface area contributed by atoms with E-state index in [-0.39, 0.29) is 5.56 Å². The molecule has 0 aliphatic heterocycles. The Morgan fingerprint density at radius 3 is 2.45 bits per heavy atom. The third-order valence-electron chi connectivity index (χ3n) is 1.47. The highest BCUT2D eigenvalue weighted by molar-refractivity contribution is 5.22. The summed E-state index contributed by atoms with van der Waals surface area (Å²) in [6.45, 7) is 6.99. The van der Waals surface area contributed by atoms with E-state index in [0.717, 1.165) is 6.07 Å². The minimum absolute atomic E-state index is 0.213. The number of halogens is 2. The van der Waals surface area contributed by atoms with Gasteiger partial charge in [-0.1, -0.05) is 19.1 Å². The Labute approximate surface area is 64.9 Å². The van der Waals surface area contributed by atoms with Gasteiger partial charge in [0, 0.05) is 0 Å². The molecule has 0 saturated carbocycles. The van der Waals surface area contributed by atoms with Crippen molar-refractivity contribution in [2.45, 2.75) is 12.8 Å². The Morgan fingerprint density at radius 1 is 1.36 bits per heavy atom. The normalized spacial score (nSPS) is 10.6. The van der Waals surface area contributed by atoms with Gasteiger partial charge in [0.1, 0.15) is 0 Å². The molecule has 0 amide bonds. The van der Waals surface area contributed by atoms with E-state index >= 15 is 0 Å². The predicted molar refractivity (Wildman–Crippen MR) is 39.1 cm³/mol. The summed E-state index contributed by atoms with van der Waals surface area (Å²) in [5, 5.41) is 0. The zero-order valence-corrected chi connectivity index (χ0v) is 6.14. The van der Waals surface area contributed by atoms with E-state index < -0.39 is 17.6 Å². The van der Waals surface area contributed by atoms with E-state index in [0.29, 0.717) is 0 Å². The van der Waals surface area contributed by atoms with Crippen LogP contribution >= 0.6 is 0 Å². The molecular weight excluding hydrogens is 146 g/mol. The van der Waals surface area contributed by atoms with Crippen molar-refractivity contribution in [1.29, 1.82) is 0 Å². The Morgan fingerprint density at radius 2 is 2.00 bits per heavy atom. The quantitative estimate of drug-likeness (QED) is 0.583. The summed E-state index contributed by atoms with van der Waals surface area (Å²) in [5.41, 5.74) is 0.213. The monoisotopic (exact) mass is 154 g/mol. The Kier molecular flexibility index (Phi) is 2.22. The molecule has 0 heterocycles. The first-order valence-corrected chi connectivity index (χ1v) is 3.32. The molecule has 2 radical (unpaired) electrons. The van der Waals surface area contributed by atoms with Gasteiger partial charge in [0.15, 0.2) is 11.6 Å². The maximum absolute atomic E-state index is 12.8. The summed E-state index contributed by atoms with van der Waals surface area (Å²) in [4.78, 5) is 0. The first-order chi connectivity index (χ1) is 5.13. The molecule has 0 saturated heterocycles. The van der Waals surface area contributed by atoms with Crippen LogP contribution in [-0.4, -0.2) is 0 Å². The molecule has 58 valence electrons. The third kappa shape index (κ3) is 1.56. The van der Waals surface area contributed by atoms with Crippen LogP contribution in [0.25, 0.3) is 0 Å². The minimum Gasteiger partial charge on any atom is -0.204 e. The highest BCUT2D eigenvalue weighted by Crippen LogP contribution is 2.19. The summed E-state index contributed by atoms with van der Waals surface area (Å²) in [5.74, 6) is -2.16. The molecule has 2 heteroatoms. The average molecular weight is 154 g/mol. The van der Waals surface area contributed by atoms with E-state index in [1.165, 1.54) is 12.1 Å². The maximum Gasteiger partial charge on any atom is 0.162 e. The van der Waals surface area contributed by atoms with Crippen LogP contribution in [0.3, 0.4) is 0 Å². The fourth-order valence-electron chi connectivity index (χ4n) is 0.872. The lowest BCUT2D eigenvalue weighted by Crippen LogP contribution is -1.95. The summed E-state index contributed by atoms with van der Waals surface area (Å²) in [6.07, 6.45) is 0. The van der Waals surface area contributed by atoms with E-state index in [9.17, 15) is 8.78 Å². The lowest BCUT2D eigenvalue weighted by Gasteiger charge is -2.05. The lowest BCUT2D eigenvalue weighted by molar-refractivity contribution is 0.496. The first kappa shape index (κ1) is 8.18. The zero-order valence-electron chi connectivity index (χ0n) is 6.14. The van der Waals surface area contributed by atoms with Crippen LogP contribution in [0.15, 0.2) is 18.2 Å². The maximum atomic E-state index is 12.8. The largest absolute Gasteiger partial charge is 0.204 e. The number of rotatable bonds is 1. The third-order valence-corrected chi connectivity index (χ3v) is 1.47. The van der Waals surface area contributed by atoms with E-state index in [1.54, 1.807) is 6.92 Å². The van der Waals surface area contributed by atoms with Crippen LogP contribution in [-0.2, 0) is 0 Å². The van der Waals surface area contributed by atoms with Crippen molar-refractivity contribution in [2.24, 2.45) is 0 Å². The van der Waals surface area contributed by atoms with Crippen molar-refractivity contribution in [1.82, 2.24) is 0 Å². The molecule has 1 aromatic rings.